The summed E-state index contributed by atoms with van der Waals surface area (Å²) in [6, 6.07) is 14.2. The maximum atomic E-state index is 12.9. The van der Waals surface area contributed by atoms with Gasteiger partial charge >= 0.3 is 0 Å². The molecule has 1 aromatic heterocycles. The first-order chi connectivity index (χ1) is 16.5. The summed E-state index contributed by atoms with van der Waals surface area (Å²) in [6.45, 7) is 3.73. The minimum atomic E-state index is -0.498. The average molecular weight is 483 g/mol. The third-order valence-corrected chi connectivity index (χ3v) is 6.63. The van der Waals surface area contributed by atoms with Crippen molar-refractivity contribution >= 4 is 23.1 Å². The van der Waals surface area contributed by atoms with Gasteiger partial charge in [0, 0.05) is 31.8 Å². The van der Waals surface area contributed by atoms with Crippen LogP contribution in [-0.4, -0.2) is 43.4 Å². The van der Waals surface area contributed by atoms with Crippen LogP contribution in [0.1, 0.15) is 42.4 Å². The molecule has 1 aliphatic rings. The largest absolute Gasteiger partial charge is 0.378 e. The Morgan fingerprint density at radius 3 is 2.53 bits per heavy atom. The molecule has 0 fully saturated rings. The number of ether oxygens (including phenoxy) is 1. The van der Waals surface area contributed by atoms with Crippen molar-refractivity contribution in [1.29, 1.82) is 0 Å². The fourth-order valence-corrected chi connectivity index (χ4v) is 4.80. The van der Waals surface area contributed by atoms with Crippen LogP contribution < -0.4 is 10.2 Å². The molecule has 1 heterocycles. The molecule has 1 N–H and O–H groups in total. The fraction of sp³-hybridized carbons (Fsp3) is 0.407. The number of hydrogen-bond acceptors (Lipinski definition) is 5. The van der Waals surface area contributed by atoms with Crippen molar-refractivity contribution in [2.75, 3.05) is 37.6 Å². The van der Waals surface area contributed by atoms with Crippen LogP contribution >= 0.6 is 11.6 Å². The van der Waals surface area contributed by atoms with E-state index in [0.717, 1.165) is 47.0 Å². The number of aromatic nitrogens is 2. The molecule has 0 unspecified atom stereocenters. The molecule has 1 aliphatic carbocycles. The Balaban J connectivity index is 1.72. The van der Waals surface area contributed by atoms with Crippen LogP contribution in [-0.2, 0) is 24.0 Å². The number of fused-ring (bicyclic) bond motifs is 1. The molecule has 0 amide bonds. The summed E-state index contributed by atoms with van der Waals surface area (Å²) >= 11 is 6.68. The second kappa shape index (κ2) is 10.7. The average Bonchev–Trinajstić information content (AvgIpc) is 3.19. The summed E-state index contributed by atoms with van der Waals surface area (Å²) in [6.07, 6.45) is 2.02. The van der Waals surface area contributed by atoms with Crippen LogP contribution in [0.5, 0.6) is 0 Å². The molecule has 0 radical (unpaired) electrons. The topological polar surface area (TPSA) is 50.3 Å². The first-order valence-electron chi connectivity index (χ1n) is 11.9. The zero-order chi connectivity index (χ0) is 24.2. The molecular weight excluding hydrogens is 451 g/mol. The molecule has 2 atom stereocenters. The molecule has 34 heavy (non-hydrogen) atoms. The van der Waals surface area contributed by atoms with Crippen LogP contribution in [0.2, 0.25) is 5.02 Å². The van der Waals surface area contributed by atoms with Crippen LogP contribution in [0, 0.1) is 0 Å². The number of anilines is 2. The van der Waals surface area contributed by atoms with Crippen molar-refractivity contribution in [3.05, 3.63) is 70.0 Å². The first kappa shape index (κ1) is 24.4. The molecule has 5 nitrogen and oxygen atoms in total. The highest BCUT2D eigenvalue weighted by molar-refractivity contribution is 6.33. The highest BCUT2D eigenvalue weighted by Crippen LogP contribution is 2.38. The minimum absolute atomic E-state index is 0.0870. The summed E-state index contributed by atoms with van der Waals surface area (Å²) in [5.41, 5.74) is 6.87. The molecule has 0 saturated heterocycles. The highest BCUT2D eigenvalue weighted by atomic mass is 35.5. The summed E-state index contributed by atoms with van der Waals surface area (Å²) in [5, 5.41) is 4.26. The van der Waals surface area contributed by atoms with Gasteiger partial charge in [0.15, 0.2) is 0 Å². The molecule has 0 saturated carbocycles. The Labute approximate surface area is 206 Å². The zero-order valence-electron chi connectivity index (χ0n) is 20.2. The number of rotatable bonds is 9. The van der Waals surface area contributed by atoms with Crippen molar-refractivity contribution < 1.29 is 9.13 Å². The lowest BCUT2D eigenvalue weighted by molar-refractivity contribution is 0.0393. The second-order valence-corrected chi connectivity index (χ2v) is 9.11. The van der Waals surface area contributed by atoms with E-state index in [-0.39, 0.29) is 18.8 Å². The number of benzene rings is 2. The SMILES string of the molecule is CCc1nc(-c2ccc(N(C)C)cc2Cl)c(CC)nc1N[C@@H]1c2ccccc2C[C@@H]1OCCF. The van der Waals surface area contributed by atoms with Gasteiger partial charge in [-0.2, -0.15) is 0 Å². The normalized spacial score (nSPS) is 17.0. The van der Waals surface area contributed by atoms with Crippen molar-refractivity contribution in [1.82, 2.24) is 9.97 Å². The van der Waals surface area contributed by atoms with Crippen molar-refractivity contribution in [3.63, 3.8) is 0 Å². The molecule has 2 aromatic carbocycles. The van der Waals surface area contributed by atoms with Gasteiger partial charge in [-0.25, -0.2) is 14.4 Å². The van der Waals surface area contributed by atoms with E-state index in [4.69, 9.17) is 26.3 Å². The summed E-state index contributed by atoms with van der Waals surface area (Å²) in [7, 11) is 3.98. The van der Waals surface area contributed by atoms with E-state index in [2.05, 4.69) is 31.3 Å². The van der Waals surface area contributed by atoms with Gasteiger partial charge in [0.2, 0.25) is 0 Å². The van der Waals surface area contributed by atoms with Gasteiger partial charge in [0.1, 0.15) is 12.5 Å². The van der Waals surface area contributed by atoms with E-state index in [1.54, 1.807) is 0 Å². The van der Waals surface area contributed by atoms with Gasteiger partial charge < -0.3 is 15.0 Å². The maximum Gasteiger partial charge on any atom is 0.148 e. The number of nitrogens with one attached hydrogen (secondary N) is 1. The quantitative estimate of drug-likeness (QED) is 0.402. The van der Waals surface area contributed by atoms with E-state index < -0.39 is 6.67 Å². The summed E-state index contributed by atoms with van der Waals surface area (Å²) in [4.78, 5) is 12.1. The van der Waals surface area contributed by atoms with E-state index in [1.165, 1.54) is 11.1 Å². The van der Waals surface area contributed by atoms with Gasteiger partial charge in [-0.1, -0.05) is 49.7 Å². The maximum absolute atomic E-state index is 12.9. The molecule has 3 aromatic rings. The molecule has 4 rings (SSSR count). The van der Waals surface area contributed by atoms with Crippen molar-refractivity contribution in [2.45, 2.75) is 45.3 Å². The van der Waals surface area contributed by atoms with Crippen LogP contribution in [0.25, 0.3) is 11.3 Å². The van der Waals surface area contributed by atoms with Gasteiger partial charge in [0.25, 0.3) is 0 Å². The summed E-state index contributed by atoms with van der Waals surface area (Å²) in [5.74, 6) is 0.750. The lowest BCUT2D eigenvalue weighted by atomic mass is 10.1. The smallest absolute Gasteiger partial charge is 0.148 e. The number of hydrogen-bond donors (Lipinski definition) is 1. The van der Waals surface area contributed by atoms with Crippen molar-refractivity contribution in [3.8, 4) is 11.3 Å². The Morgan fingerprint density at radius 1 is 1.09 bits per heavy atom. The molecule has 180 valence electrons. The van der Waals surface area contributed by atoms with E-state index in [9.17, 15) is 4.39 Å². The van der Waals surface area contributed by atoms with E-state index in [0.29, 0.717) is 11.4 Å². The molecule has 0 spiro atoms. The highest BCUT2D eigenvalue weighted by Gasteiger charge is 2.34. The number of alkyl halides is 1. The Morgan fingerprint density at radius 2 is 1.85 bits per heavy atom. The molecule has 7 heteroatoms. The van der Waals surface area contributed by atoms with E-state index >= 15 is 0 Å². The predicted octanol–water partition coefficient (Wildman–Crippen LogP) is 6.05. The predicted molar refractivity (Wildman–Crippen MR) is 138 cm³/mol. The Kier molecular flexibility index (Phi) is 7.69. The Hall–Kier alpha value is -2.70. The molecule has 0 bridgehead atoms. The number of nitrogens with zero attached hydrogens (tertiary/aromatic N) is 3. The lowest BCUT2D eigenvalue weighted by Gasteiger charge is -2.24. The minimum Gasteiger partial charge on any atom is -0.378 e. The van der Waals surface area contributed by atoms with Gasteiger partial charge in [-0.15, -0.1) is 0 Å². The number of halogens is 2. The first-order valence-corrected chi connectivity index (χ1v) is 12.2. The van der Waals surface area contributed by atoms with Crippen LogP contribution in [0.15, 0.2) is 42.5 Å². The van der Waals surface area contributed by atoms with Crippen LogP contribution in [0.4, 0.5) is 15.9 Å². The third-order valence-electron chi connectivity index (χ3n) is 6.32. The lowest BCUT2D eigenvalue weighted by Crippen LogP contribution is -2.27. The molecule has 0 aliphatic heterocycles. The van der Waals surface area contributed by atoms with Gasteiger partial charge in [0.05, 0.1) is 40.9 Å². The van der Waals surface area contributed by atoms with E-state index in [1.807, 2.05) is 49.3 Å². The zero-order valence-corrected chi connectivity index (χ0v) is 21.0. The van der Waals surface area contributed by atoms with Crippen molar-refractivity contribution in [2.24, 2.45) is 0 Å². The standard InChI is InChI=1S/C27H32ClFN4O/c1-5-22-25(20-12-11-18(33(3)4)16-21(20)28)30-23(6-2)27(31-22)32-26-19-10-8-7-9-17(19)15-24(26)34-14-13-29/h7-12,16,24,26H,5-6,13-15H2,1-4H3,(H,31,32)/t24-,26+/m0/s1. The van der Waals surface area contributed by atoms with Gasteiger partial charge in [-0.3, -0.25) is 0 Å². The Bertz CT molecular complexity index is 1150. The monoisotopic (exact) mass is 482 g/mol. The summed E-state index contributed by atoms with van der Waals surface area (Å²) < 4.78 is 18.8. The second-order valence-electron chi connectivity index (χ2n) is 8.70. The number of aryl methyl sites for hydroxylation is 2. The third kappa shape index (κ3) is 4.89. The van der Waals surface area contributed by atoms with Gasteiger partial charge in [-0.05, 0) is 42.2 Å². The fourth-order valence-electron chi connectivity index (χ4n) is 4.53. The van der Waals surface area contributed by atoms with Crippen LogP contribution in [0.3, 0.4) is 0 Å². The molecular formula is C27H32ClFN4O.